The van der Waals surface area contributed by atoms with Crippen molar-refractivity contribution in [1.82, 2.24) is 4.90 Å². The van der Waals surface area contributed by atoms with Gasteiger partial charge in [-0.25, -0.2) is 4.99 Å². The van der Waals surface area contributed by atoms with Crippen molar-refractivity contribution in [3.63, 3.8) is 0 Å². The van der Waals surface area contributed by atoms with Gasteiger partial charge in [-0.15, -0.1) is 0 Å². The molecule has 1 atom stereocenters. The van der Waals surface area contributed by atoms with E-state index in [4.69, 9.17) is 5.11 Å². The molecular weight excluding hydrogens is 324 g/mol. The number of thioether (sulfide) groups is 1. The molecule has 1 aromatic rings. The van der Waals surface area contributed by atoms with Crippen LogP contribution in [0.3, 0.4) is 0 Å². The SMILES string of the molecule is Cc1ccc(N=C2SC(CC(=O)O)C(=O)N2C2CCCCC2)cc1. The number of rotatable bonds is 4. The van der Waals surface area contributed by atoms with E-state index < -0.39 is 11.2 Å². The Kier molecular flexibility index (Phi) is 5.23. The number of aliphatic carboxylic acids is 1. The Morgan fingerprint density at radius 3 is 2.54 bits per heavy atom. The highest BCUT2D eigenvalue weighted by molar-refractivity contribution is 8.15. The topological polar surface area (TPSA) is 70.0 Å². The van der Waals surface area contributed by atoms with Crippen LogP contribution in [0.15, 0.2) is 29.3 Å². The molecule has 1 aliphatic carbocycles. The lowest BCUT2D eigenvalue weighted by atomic mass is 9.94. The molecule has 1 heterocycles. The molecule has 6 heteroatoms. The zero-order valence-corrected chi connectivity index (χ0v) is 14.6. The summed E-state index contributed by atoms with van der Waals surface area (Å²) in [5.41, 5.74) is 1.95. The third-order valence-electron chi connectivity index (χ3n) is 4.53. The molecule has 1 saturated heterocycles. The highest BCUT2D eigenvalue weighted by Crippen LogP contribution is 2.36. The van der Waals surface area contributed by atoms with Crippen LogP contribution in [0.25, 0.3) is 0 Å². The van der Waals surface area contributed by atoms with E-state index in [0.717, 1.165) is 36.9 Å². The van der Waals surface area contributed by atoms with Crippen molar-refractivity contribution < 1.29 is 14.7 Å². The Labute approximate surface area is 146 Å². The number of hydrogen-bond donors (Lipinski definition) is 1. The number of aryl methyl sites for hydroxylation is 1. The van der Waals surface area contributed by atoms with Gasteiger partial charge in [0.2, 0.25) is 5.91 Å². The number of carbonyl (C=O) groups excluding carboxylic acids is 1. The molecule has 2 aliphatic rings. The minimum atomic E-state index is -0.943. The summed E-state index contributed by atoms with van der Waals surface area (Å²) < 4.78 is 0. The summed E-state index contributed by atoms with van der Waals surface area (Å²) in [6.45, 7) is 2.02. The van der Waals surface area contributed by atoms with E-state index >= 15 is 0 Å². The number of nitrogens with zero attached hydrogens (tertiary/aromatic N) is 2. The van der Waals surface area contributed by atoms with E-state index in [-0.39, 0.29) is 18.4 Å². The summed E-state index contributed by atoms with van der Waals surface area (Å²) in [6.07, 6.45) is 5.22. The Balaban J connectivity index is 1.89. The van der Waals surface area contributed by atoms with E-state index in [0.29, 0.717) is 5.17 Å². The van der Waals surface area contributed by atoms with Crippen molar-refractivity contribution in [2.75, 3.05) is 0 Å². The first-order valence-corrected chi connectivity index (χ1v) is 9.29. The normalized spacial score (nSPS) is 23.9. The van der Waals surface area contributed by atoms with Crippen LogP contribution in [0.2, 0.25) is 0 Å². The van der Waals surface area contributed by atoms with Crippen LogP contribution in [0.5, 0.6) is 0 Å². The molecule has 1 saturated carbocycles. The molecule has 1 N–H and O–H groups in total. The molecule has 0 bridgehead atoms. The number of carbonyl (C=O) groups is 2. The first-order chi connectivity index (χ1) is 11.5. The molecule has 0 aromatic heterocycles. The van der Waals surface area contributed by atoms with Crippen molar-refractivity contribution in [1.29, 1.82) is 0 Å². The van der Waals surface area contributed by atoms with Gasteiger partial charge in [0.1, 0.15) is 5.25 Å². The first kappa shape index (κ1) is 17.0. The average Bonchev–Trinajstić information content (AvgIpc) is 2.85. The van der Waals surface area contributed by atoms with Gasteiger partial charge in [0, 0.05) is 6.04 Å². The van der Waals surface area contributed by atoms with Crippen LogP contribution >= 0.6 is 11.8 Å². The second kappa shape index (κ2) is 7.38. The smallest absolute Gasteiger partial charge is 0.305 e. The summed E-state index contributed by atoms with van der Waals surface area (Å²) in [7, 11) is 0. The molecule has 1 aliphatic heterocycles. The van der Waals surface area contributed by atoms with Crippen molar-refractivity contribution in [2.45, 2.75) is 56.7 Å². The van der Waals surface area contributed by atoms with Crippen molar-refractivity contribution in [3.05, 3.63) is 29.8 Å². The predicted octanol–water partition coefficient (Wildman–Crippen LogP) is 3.73. The van der Waals surface area contributed by atoms with Gasteiger partial charge in [-0.1, -0.05) is 48.7 Å². The summed E-state index contributed by atoms with van der Waals surface area (Å²) in [5, 5.41) is 9.16. The van der Waals surface area contributed by atoms with Gasteiger partial charge in [-0.2, -0.15) is 0 Å². The fourth-order valence-electron chi connectivity index (χ4n) is 3.26. The maximum Gasteiger partial charge on any atom is 0.305 e. The molecule has 1 unspecified atom stereocenters. The van der Waals surface area contributed by atoms with Crippen molar-refractivity contribution >= 4 is 34.5 Å². The lowest BCUT2D eigenvalue weighted by molar-refractivity contribution is -0.139. The third kappa shape index (κ3) is 3.80. The van der Waals surface area contributed by atoms with Crippen LogP contribution in [0, 0.1) is 6.92 Å². The van der Waals surface area contributed by atoms with E-state index in [9.17, 15) is 9.59 Å². The third-order valence-corrected chi connectivity index (χ3v) is 5.68. The summed E-state index contributed by atoms with van der Waals surface area (Å²) in [6, 6.07) is 7.98. The first-order valence-electron chi connectivity index (χ1n) is 8.41. The maximum atomic E-state index is 12.8. The fourth-order valence-corrected chi connectivity index (χ4v) is 4.46. The van der Waals surface area contributed by atoms with Crippen LogP contribution in [-0.2, 0) is 9.59 Å². The average molecular weight is 346 g/mol. The standard InChI is InChI=1S/C18H22N2O3S/c1-12-7-9-13(10-8-12)19-18-20(14-5-3-2-4-6-14)17(23)15(24-18)11-16(21)22/h7-10,14-15H,2-6,11H2,1H3,(H,21,22). The van der Waals surface area contributed by atoms with E-state index in [1.807, 2.05) is 31.2 Å². The molecule has 3 rings (SSSR count). The maximum absolute atomic E-state index is 12.8. The molecule has 5 nitrogen and oxygen atoms in total. The van der Waals surface area contributed by atoms with Crippen molar-refractivity contribution in [3.8, 4) is 0 Å². The number of aliphatic imine (C=N–C) groups is 1. The van der Waals surface area contributed by atoms with Gasteiger partial charge in [-0.3, -0.25) is 14.5 Å². The van der Waals surface area contributed by atoms with Gasteiger partial charge in [-0.05, 0) is 31.9 Å². The van der Waals surface area contributed by atoms with Gasteiger partial charge >= 0.3 is 5.97 Å². The minimum Gasteiger partial charge on any atom is -0.481 e. The Morgan fingerprint density at radius 1 is 1.25 bits per heavy atom. The second-order valence-corrected chi connectivity index (χ2v) is 7.60. The zero-order chi connectivity index (χ0) is 17.1. The number of amides is 1. The summed E-state index contributed by atoms with van der Waals surface area (Å²) in [4.78, 5) is 30.2. The Morgan fingerprint density at radius 2 is 1.92 bits per heavy atom. The fraction of sp³-hybridized carbons (Fsp3) is 0.500. The van der Waals surface area contributed by atoms with Crippen LogP contribution < -0.4 is 0 Å². The quantitative estimate of drug-likeness (QED) is 0.902. The molecule has 0 spiro atoms. The van der Waals surface area contributed by atoms with E-state index in [1.54, 1.807) is 4.90 Å². The van der Waals surface area contributed by atoms with Gasteiger partial charge in [0.05, 0.1) is 12.1 Å². The minimum absolute atomic E-state index is 0.0971. The summed E-state index contributed by atoms with van der Waals surface area (Å²) in [5.74, 6) is -1.04. The van der Waals surface area contributed by atoms with Gasteiger partial charge in [0.15, 0.2) is 5.17 Å². The van der Waals surface area contributed by atoms with E-state index in [2.05, 4.69) is 4.99 Å². The number of carboxylic acids is 1. The summed E-state index contributed by atoms with van der Waals surface area (Å²) >= 11 is 1.29. The highest BCUT2D eigenvalue weighted by atomic mass is 32.2. The molecule has 0 radical (unpaired) electrons. The number of amidine groups is 1. The lowest BCUT2D eigenvalue weighted by Crippen LogP contribution is -2.42. The molecule has 128 valence electrons. The Bertz CT molecular complexity index is 651. The molecular formula is C18H22N2O3S. The Hall–Kier alpha value is -1.82. The zero-order valence-electron chi connectivity index (χ0n) is 13.8. The van der Waals surface area contributed by atoms with Crippen LogP contribution in [-0.4, -0.2) is 38.3 Å². The van der Waals surface area contributed by atoms with Gasteiger partial charge in [0.25, 0.3) is 0 Å². The monoisotopic (exact) mass is 346 g/mol. The molecule has 2 fully saturated rings. The number of benzene rings is 1. The molecule has 1 aromatic carbocycles. The molecule has 24 heavy (non-hydrogen) atoms. The lowest BCUT2D eigenvalue weighted by Gasteiger charge is -2.30. The number of hydrogen-bond acceptors (Lipinski definition) is 4. The van der Waals surface area contributed by atoms with E-state index in [1.165, 1.54) is 18.2 Å². The van der Waals surface area contributed by atoms with Crippen LogP contribution in [0.1, 0.15) is 44.1 Å². The van der Waals surface area contributed by atoms with Crippen molar-refractivity contribution in [2.24, 2.45) is 4.99 Å². The predicted molar refractivity (Wildman–Crippen MR) is 95.6 cm³/mol. The van der Waals surface area contributed by atoms with Crippen LogP contribution in [0.4, 0.5) is 5.69 Å². The largest absolute Gasteiger partial charge is 0.481 e. The van der Waals surface area contributed by atoms with Gasteiger partial charge < -0.3 is 5.11 Å². The second-order valence-electron chi connectivity index (χ2n) is 6.43. The number of carboxylic acid groups (broad SMARTS) is 1. The molecule has 1 amide bonds. The highest BCUT2D eigenvalue weighted by Gasteiger charge is 2.42.